The zero-order valence-electron chi connectivity index (χ0n) is 11.5. The van der Waals surface area contributed by atoms with Gasteiger partial charge in [-0.2, -0.15) is 0 Å². The van der Waals surface area contributed by atoms with E-state index in [1.807, 2.05) is 18.2 Å². The third kappa shape index (κ3) is 3.16. The van der Waals surface area contributed by atoms with Crippen LogP contribution in [0.15, 0.2) is 18.2 Å². The molecule has 3 nitrogen and oxygen atoms in total. The van der Waals surface area contributed by atoms with Crippen molar-refractivity contribution in [3.63, 3.8) is 0 Å². The van der Waals surface area contributed by atoms with Crippen LogP contribution >= 0.6 is 0 Å². The van der Waals surface area contributed by atoms with Crippen molar-refractivity contribution in [1.82, 2.24) is 5.32 Å². The minimum Gasteiger partial charge on any atom is -0.497 e. The second-order valence-electron chi connectivity index (χ2n) is 5.69. The first kappa shape index (κ1) is 13.2. The predicted molar refractivity (Wildman–Crippen MR) is 75.7 cm³/mol. The van der Waals surface area contributed by atoms with E-state index < -0.39 is 0 Å². The van der Waals surface area contributed by atoms with E-state index >= 15 is 0 Å². The van der Waals surface area contributed by atoms with E-state index in [9.17, 15) is 0 Å². The Bertz CT molecular complexity index is 397. The number of hydrogen-bond acceptors (Lipinski definition) is 3. The molecule has 0 amide bonds. The molecule has 0 atom stereocenters. The zero-order chi connectivity index (χ0) is 13.0. The van der Waals surface area contributed by atoms with Crippen LogP contribution in [0.25, 0.3) is 0 Å². The SMILES string of the molecule is COc1ccc(N)c(CNCC2(C)CCCC2)c1. The highest BCUT2D eigenvalue weighted by molar-refractivity contribution is 5.50. The Morgan fingerprint density at radius 2 is 2.06 bits per heavy atom. The summed E-state index contributed by atoms with van der Waals surface area (Å²) in [5.74, 6) is 0.869. The lowest BCUT2D eigenvalue weighted by Crippen LogP contribution is -2.29. The molecule has 1 aromatic carbocycles. The lowest BCUT2D eigenvalue weighted by atomic mass is 9.89. The zero-order valence-corrected chi connectivity index (χ0v) is 11.5. The van der Waals surface area contributed by atoms with Gasteiger partial charge in [-0.05, 0) is 42.0 Å². The smallest absolute Gasteiger partial charge is 0.119 e. The van der Waals surface area contributed by atoms with Crippen LogP contribution in [0, 0.1) is 5.41 Å². The molecule has 2 rings (SSSR count). The maximum Gasteiger partial charge on any atom is 0.119 e. The highest BCUT2D eigenvalue weighted by atomic mass is 16.5. The molecule has 1 aliphatic rings. The lowest BCUT2D eigenvalue weighted by Gasteiger charge is -2.24. The van der Waals surface area contributed by atoms with Crippen LogP contribution in [-0.4, -0.2) is 13.7 Å². The molecule has 1 saturated carbocycles. The molecule has 0 unspecified atom stereocenters. The van der Waals surface area contributed by atoms with Gasteiger partial charge in [0.05, 0.1) is 7.11 Å². The average Bonchev–Trinajstić information content (AvgIpc) is 2.79. The molecular weight excluding hydrogens is 224 g/mol. The number of ether oxygens (including phenoxy) is 1. The van der Waals surface area contributed by atoms with Gasteiger partial charge in [0, 0.05) is 18.8 Å². The van der Waals surface area contributed by atoms with Gasteiger partial charge in [0.15, 0.2) is 0 Å². The molecule has 0 saturated heterocycles. The number of nitrogen functional groups attached to an aromatic ring is 1. The first-order chi connectivity index (χ1) is 8.63. The topological polar surface area (TPSA) is 47.3 Å². The van der Waals surface area contributed by atoms with Gasteiger partial charge in [0.1, 0.15) is 5.75 Å². The minimum atomic E-state index is 0.480. The van der Waals surface area contributed by atoms with Crippen molar-refractivity contribution in [2.24, 2.45) is 5.41 Å². The summed E-state index contributed by atoms with van der Waals surface area (Å²) < 4.78 is 5.23. The van der Waals surface area contributed by atoms with E-state index in [-0.39, 0.29) is 0 Å². The molecule has 18 heavy (non-hydrogen) atoms. The van der Waals surface area contributed by atoms with Crippen LogP contribution in [0.5, 0.6) is 5.75 Å². The van der Waals surface area contributed by atoms with Crippen LogP contribution in [-0.2, 0) is 6.54 Å². The Labute approximate surface area is 110 Å². The lowest BCUT2D eigenvalue weighted by molar-refractivity contribution is 0.314. The van der Waals surface area contributed by atoms with E-state index in [0.717, 1.165) is 30.1 Å². The van der Waals surface area contributed by atoms with E-state index in [1.54, 1.807) is 7.11 Å². The number of anilines is 1. The maximum atomic E-state index is 5.98. The molecule has 0 heterocycles. The summed E-state index contributed by atoms with van der Waals surface area (Å²) in [5, 5.41) is 3.54. The van der Waals surface area contributed by atoms with Crippen molar-refractivity contribution in [2.45, 2.75) is 39.2 Å². The van der Waals surface area contributed by atoms with E-state index in [0.29, 0.717) is 5.41 Å². The Morgan fingerprint density at radius 3 is 2.72 bits per heavy atom. The highest BCUT2D eigenvalue weighted by Gasteiger charge is 2.27. The van der Waals surface area contributed by atoms with Crippen molar-refractivity contribution in [1.29, 1.82) is 0 Å². The summed E-state index contributed by atoms with van der Waals surface area (Å²) in [4.78, 5) is 0. The first-order valence-electron chi connectivity index (χ1n) is 6.76. The van der Waals surface area contributed by atoms with Gasteiger partial charge >= 0.3 is 0 Å². The second kappa shape index (κ2) is 5.61. The third-order valence-corrected chi connectivity index (χ3v) is 4.03. The number of nitrogens with two attached hydrogens (primary N) is 1. The van der Waals surface area contributed by atoms with Gasteiger partial charge in [-0.1, -0.05) is 19.8 Å². The van der Waals surface area contributed by atoms with Crippen molar-refractivity contribution in [3.8, 4) is 5.75 Å². The number of hydrogen-bond donors (Lipinski definition) is 2. The summed E-state index contributed by atoms with van der Waals surface area (Å²) >= 11 is 0. The van der Waals surface area contributed by atoms with Crippen LogP contribution in [0.1, 0.15) is 38.2 Å². The largest absolute Gasteiger partial charge is 0.497 e. The molecule has 0 bridgehead atoms. The molecule has 1 aromatic rings. The molecule has 0 aliphatic heterocycles. The molecule has 3 heteroatoms. The summed E-state index contributed by atoms with van der Waals surface area (Å²) in [5.41, 5.74) is 8.41. The molecule has 100 valence electrons. The van der Waals surface area contributed by atoms with Crippen LogP contribution in [0.2, 0.25) is 0 Å². The number of rotatable bonds is 5. The number of benzene rings is 1. The number of methoxy groups -OCH3 is 1. The summed E-state index contributed by atoms with van der Waals surface area (Å²) in [6, 6.07) is 5.82. The molecule has 3 N–H and O–H groups in total. The molecule has 0 spiro atoms. The first-order valence-corrected chi connectivity index (χ1v) is 6.76. The summed E-state index contributed by atoms with van der Waals surface area (Å²) in [6.07, 6.45) is 5.43. The maximum absolute atomic E-state index is 5.98. The van der Waals surface area contributed by atoms with Crippen LogP contribution in [0.3, 0.4) is 0 Å². The van der Waals surface area contributed by atoms with Gasteiger partial charge in [-0.25, -0.2) is 0 Å². The van der Waals surface area contributed by atoms with Crippen LogP contribution < -0.4 is 15.8 Å². The summed E-state index contributed by atoms with van der Waals surface area (Å²) in [7, 11) is 1.68. The van der Waals surface area contributed by atoms with E-state index in [1.165, 1.54) is 25.7 Å². The van der Waals surface area contributed by atoms with Crippen molar-refractivity contribution in [3.05, 3.63) is 23.8 Å². The van der Waals surface area contributed by atoms with Gasteiger partial charge in [-0.15, -0.1) is 0 Å². The van der Waals surface area contributed by atoms with Gasteiger partial charge < -0.3 is 15.8 Å². The summed E-state index contributed by atoms with van der Waals surface area (Å²) in [6.45, 7) is 4.27. The quantitative estimate of drug-likeness (QED) is 0.788. The molecule has 0 radical (unpaired) electrons. The predicted octanol–water partition coefficient (Wildman–Crippen LogP) is 2.95. The van der Waals surface area contributed by atoms with Crippen molar-refractivity contribution < 1.29 is 4.74 Å². The molecule has 1 fully saturated rings. The van der Waals surface area contributed by atoms with Crippen LogP contribution in [0.4, 0.5) is 5.69 Å². The monoisotopic (exact) mass is 248 g/mol. The Kier molecular flexibility index (Phi) is 4.12. The fourth-order valence-electron chi connectivity index (χ4n) is 2.77. The van der Waals surface area contributed by atoms with Gasteiger partial charge in [0.25, 0.3) is 0 Å². The van der Waals surface area contributed by atoms with Gasteiger partial charge in [-0.3, -0.25) is 0 Å². The molecule has 1 aliphatic carbocycles. The normalized spacial score (nSPS) is 17.9. The molecular formula is C15H24N2O. The Balaban J connectivity index is 1.89. The standard InChI is InChI=1S/C15H24N2O/c1-15(7-3-4-8-15)11-17-10-12-9-13(18-2)5-6-14(12)16/h5-6,9,17H,3-4,7-8,10-11,16H2,1-2H3. The van der Waals surface area contributed by atoms with Gasteiger partial charge in [0.2, 0.25) is 0 Å². The highest BCUT2D eigenvalue weighted by Crippen LogP contribution is 2.36. The fraction of sp³-hybridized carbons (Fsp3) is 0.600. The third-order valence-electron chi connectivity index (χ3n) is 4.03. The second-order valence-corrected chi connectivity index (χ2v) is 5.69. The van der Waals surface area contributed by atoms with Crippen molar-refractivity contribution in [2.75, 3.05) is 19.4 Å². The Morgan fingerprint density at radius 1 is 1.33 bits per heavy atom. The van der Waals surface area contributed by atoms with E-state index in [2.05, 4.69) is 12.2 Å². The van der Waals surface area contributed by atoms with E-state index in [4.69, 9.17) is 10.5 Å². The Hall–Kier alpha value is -1.22. The average molecular weight is 248 g/mol. The fourth-order valence-corrected chi connectivity index (χ4v) is 2.77. The van der Waals surface area contributed by atoms with Crippen molar-refractivity contribution >= 4 is 5.69 Å². The number of nitrogens with one attached hydrogen (secondary N) is 1. The molecule has 0 aromatic heterocycles. The minimum absolute atomic E-state index is 0.480.